The second-order valence-corrected chi connectivity index (χ2v) is 8.57. The maximum atomic E-state index is 6.33. The lowest BCUT2D eigenvalue weighted by atomic mass is 10.1. The van der Waals surface area contributed by atoms with Crippen molar-refractivity contribution in [3.05, 3.63) is 88.0 Å². The first kappa shape index (κ1) is 29.3. The van der Waals surface area contributed by atoms with Crippen LogP contribution in [0.25, 0.3) is 5.70 Å². The molecule has 36 heavy (non-hydrogen) atoms. The van der Waals surface area contributed by atoms with E-state index in [9.17, 15) is 0 Å². The van der Waals surface area contributed by atoms with Crippen LogP contribution in [0.2, 0.25) is 10.0 Å². The standard InChI is InChI=1S/C25H26Cl2N4O.2C2H6/c1-17(31-10-3-11-31)19-6-4-18(5-7-19)14-30-25-20(12-22(27)13-23(25)32-2)15-28-24-9-8-21(26)16-29-24;2*1-2/h4-9,12-13,16,30H,1,3,10-11,14-15H2,2H3,(H,28,29);2*1-2H3. The Bertz CT molecular complexity index is 1080. The third kappa shape index (κ3) is 8.07. The summed E-state index contributed by atoms with van der Waals surface area (Å²) in [6.45, 7) is 15.6. The smallest absolute Gasteiger partial charge is 0.143 e. The Hall–Kier alpha value is -2.89. The van der Waals surface area contributed by atoms with E-state index >= 15 is 0 Å². The molecule has 0 unspecified atom stereocenters. The monoisotopic (exact) mass is 528 g/mol. The van der Waals surface area contributed by atoms with Crippen molar-refractivity contribution in [3.63, 3.8) is 0 Å². The van der Waals surface area contributed by atoms with E-state index < -0.39 is 0 Å². The Balaban J connectivity index is 0.00000109. The van der Waals surface area contributed by atoms with Crippen LogP contribution < -0.4 is 15.4 Å². The van der Waals surface area contributed by atoms with Crippen molar-refractivity contribution < 1.29 is 4.74 Å². The van der Waals surface area contributed by atoms with Gasteiger partial charge in [0.1, 0.15) is 11.6 Å². The highest BCUT2D eigenvalue weighted by molar-refractivity contribution is 6.31. The van der Waals surface area contributed by atoms with E-state index in [0.717, 1.165) is 41.4 Å². The largest absolute Gasteiger partial charge is 0.495 e. The number of nitrogens with one attached hydrogen (secondary N) is 2. The minimum absolute atomic E-state index is 0.530. The number of hydrogen-bond donors (Lipinski definition) is 2. The molecule has 1 aliphatic heterocycles. The molecule has 5 nitrogen and oxygen atoms in total. The van der Waals surface area contributed by atoms with E-state index in [4.69, 9.17) is 27.9 Å². The molecule has 1 aliphatic rings. The van der Waals surface area contributed by atoms with Crippen LogP contribution in [-0.4, -0.2) is 30.1 Å². The van der Waals surface area contributed by atoms with Gasteiger partial charge in [0, 0.05) is 49.2 Å². The number of pyridine rings is 1. The summed E-state index contributed by atoms with van der Waals surface area (Å²) in [5.41, 5.74) is 5.30. The molecule has 2 N–H and O–H groups in total. The number of benzene rings is 2. The van der Waals surface area contributed by atoms with Crippen molar-refractivity contribution in [3.8, 4) is 5.75 Å². The highest BCUT2D eigenvalue weighted by atomic mass is 35.5. The average Bonchev–Trinajstić information content (AvgIpc) is 2.89. The molecule has 0 atom stereocenters. The van der Waals surface area contributed by atoms with Crippen molar-refractivity contribution in [2.45, 2.75) is 47.2 Å². The summed E-state index contributed by atoms with van der Waals surface area (Å²) in [6.07, 6.45) is 2.86. The van der Waals surface area contributed by atoms with Gasteiger partial charge in [-0.05, 0) is 41.3 Å². The van der Waals surface area contributed by atoms with E-state index in [0.29, 0.717) is 28.9 Å². The van der Waals surface area contributed by atoms with Crippen LogP contribution in [0.15, 0.2) is 61.3 Å². The van der Waals surface area contributed by atoms with Gasteiger partial charge in [-0.3, -0.25) is 0 Å². The Kier molecular flexibility index (Phi) is 12.4. The number of likely N-dealkylation sites (tertiary alicyclic amines) is 1. The fourth-order valence-electron chi connectivity index (χ4n) is 3.58. The zero-order valence-electron chi connectivity index (χ0n) is 22.0. The molecule has 3 aromatic rings. The topological polar surface area (TPSA) is 49.4 Å². The predicted molar refractivity (Wildman–Crippen MR) is 156 cm³/mol. The van der Waals surface area contributed by atoms with Gasteiger partial charge in [-0.1, -0.05) is 81.7 Å². The third-order valence-corrected chi connectivity index (χ3v) is 5.99. The van der Waals surface area contributed by atoms with Crippen LogP contribution >= 0.6 is 23.2 Å². The normalized spacial score (nSPS) is 11.7. The lowest BCUT2D eigenvalue weighted by Gasteiger charge is -2.34. The first-order chi connectivity index (χ1) is 17.5. The van der Waals surface area contributed by atoms with Gasteiger partial charge in [0.05, 0.1) is 17.8 Å². The summed E-state index contributed by atoms with van der Waals surface area (Å²) in [6, 6.07) is 15.9. The quantitative estimate of drug-likeness (QED) is 0.292. The Morgan fingerprint density at radius 1 is 0.944 bits per heavy atom. The zero-order chi connectivity index (χ0) is 26.5. The van der Waals surface area contributed by atoms with Gasteiger partial charge in [-0.25, -0.2) is 4.98 Å². The molecule has 7 heteroatoms. The van der Waals surface area contributed by atoms with Crippen LogP contribution in [0.4, 0.5) is 11.5 Å². The number of ether oxygens (including phenoxy) is 1. The molecule has 0 bridgehead atoms. The lowest BCUT2D eigenvalue weighted by molar-refractivity contribution is 0.282. The van der Waals surface area contributed by atoms with Gasteiger partial charge < -0.3 is 20.3 Å². The first-order valence-corrected chi connectivity index (χ1v) is 13.3. The summed E-state index contributed by atoms with van der Waals surface area (Å²) in [5.74, 6) is 1.43. The van der Waals surface area contributed by atoms with Gasteiger partial charge in [-0.15, -0.1) is 0 Å². The Morgan fingerprint density at radius 2 is 1.64 bits per heavy atom. The van der Waals surface area contributed by atoms with Gasteiger partial charge >= 0.3 is 0 Å². The Morgan fingerprint density at radius 3 is 2.19 bits per heavy atom. The molecule has 2 heterocycles. The molecule has 194 valence electrons. The number of methoxy groups -OCH3 is 1. The predicted octanol–water partition coefficient (Wildman–Crippen LogP) is 8.35. The van der Waals surface area contributed by atoms with Gasteiger partial charge in [-0.2, -0.15) is 0 Å². The van der Waals surface area contributed by atoms with Crippen LogP contribution in [0.5, 0.6) is 5.75 Å². The van der Waals surface area contributed by atoms with Crippen molar-refractivity contribution in [1.82, 2.24) is 9.88 Å². The molecule has 0 saturated carbocycles. The van der Waals surface area contributed by atoms with Gasteiger partial charge in [0.15, 0.2) is 0 Å². The van der Waals surface area contributed by atoms with Gasteiger partial charge in [0.2, 0.25) is 0 Å². The summed E-state index contributed by atoms with van der Waals surface area (Å²) in [5, 5.41) is 8.04. The maximum Gasteiger partial charge on any atom is 0.143 e. The van der Waals surface area contributed by atoms with E-state index in [2.05, 4.69) is 51.4 Å². The van der Waals surface area contributed by atoms with E-state index in [1.165, 1.54) is 12.0 Å². The molecule has 0 aliphatic carbocycles. The zero-order valence-corrected chi connectivity index (χ0v) is 23.5. The van der Waals surface area contributed by atoms with Crippen molar-refractivity contribution >= 4 is 40.4 Å². The molecule has 1 saturated heterocycles. The Labute approximate surface area is 226 Å². The molecule has 0 amide bonds. The molecule has 2 aromatic carbocycles. The number of halogens is 2. The number of aromatic nitrogens is 1. The van der Waals surface area contributed by atoms with E-state index in [1.807, 2.05) is 45.9 Å². The van der Waals surface area contributed by atoms with Crippen molar-refractivity contribution in [2.24, 2.45) is 0 Å². The highest BCUT2D eigenvalue weighted by Crippen LogP contribution is 2.33. The molecule has 1 aromatic heterocycles. The molecule has 4 rings (SSSR count). The third-order valence-electron chi connectivity index (χ3n) is 5.55. The molecular weight excluding hydrogens is 491 g/mol. The second kappa shape index (κ2) is 15.3. The maximum absolute atomic E-state index is 6.33. The summed E-state index contributed by atoms with van der Waals surface area (Å²) in [7, 11) is 1.64. The summed E-state index contributed by atoms with van der Waals surface area (Å²) in [4.78, 5) is 6.59. The summed E-state index contributed by atoms with van der Waals surface area (Å²) >= 11 is 12.3. The number of hydrogen-bond acceptors (Lipinski definition) is 5. The minimum atomic E-state index is 0.530. The minimum Gasteiger partial charge on any atom is -0.495 e. The van der Waals surface area contributed by atoms with Crippen molar-refractivity contribution in [2.75, 3.05) is 30.8 Å². The fraction of sp³-hybridized carbons (Fsp3) is 0.345. The second-order valence-electron chi connectivity index (χ2n) is 7.70. The van der Waals surface area contributed by atoms with Crippen LogP contribution in [-0.2, 0) is 13.1 Å². The SMILES string of the molecule is C=C(c1ccc(CNc2c(CNc3ccc(Cl)cn3)cc(Cl)cc2OC)cc1)N1CCC1.CC.CC. The molecular formula is C29H38Cl2N4O. The summed E-state index contributed by atoms with van der Waals surface area (Å²) < 4.78 is 5.59. The van der Waals surface area contributed by atoms with Crippen molar-refractivity contribution in [1.29, 1.82) is 0 Å². The lowest BCUT2D eigenvalue weighted by Crippen LogP contribution is -2.34. The number of nitrogens with zero attached hydrogens (tertiary/aromatic N) is 2. The average molecular weight is 530 g/mol. The molecule has 0 spiro atoms. The van der Waals surface area contributed by atoms with Gasteiger partial charge in [0.25, 0.3) is 0 Å². The molecule has 0 radical (unpaired) electrons. The number of rotatable bonds is 9. The van der Waals surface area contributed by atoms with E-state index in [-0.39, 0.29) is 0 Å². The van der Waals surface area contributed by atoms with Crippen LogP contribution in [0.3, 0.4) is 0 Å². The van der Waals surface area contributed by atoms with Crippen LogP contribution in [0, 0.1) is 0 Å². The highest BCUT2D eigenvalue weighted by Gasteiger charge is 2.16. The first-order valence-electron chi connectivity index (χ1n) is 12.5. The molecule has 1 fully saturated rings. The van der Waals surface area contributed by atoms with Crippen LogP contribution in [0.1, 0.15) is 50.8 Å². The number of anilines is 2. The van der Waals surface area contributed by atoms with E-state index in [1.54, 1.807) is 19.4 Å². The fourth-order valence-corrected chi connectivity index (χ4v) is 3.92.